The van der Waals surface area contributed by atoms with E-state index in [4.69, 9.17) is 4.74 Å². The number of sulfone groups is 1. The lowest BCUT2D eigenvalue weighted by Gasteiger charge is -2.50. The molecule has 110 valence electrons. The third-order valence-electron chi connectivity index (χ3n) is 4.58. The van der Waals surface area contributed by atoms with Crippen molar-refractivity contribution in [3.63, 3.8) is 0 Å². The summed E-state index contributed by atoms with van der Waals surface area (Å²) >= 11 is 0. The van der Waals surface area contributed by atoms with Crippen LogP contribution in [0.4, 0.5) is 0 Å². The molecule has 2 aliphatic heterocycles. The van der Waals surface area contributed by atoms with Crippen molar-refractivity contribution in [1.82, 2.24) is 9.88 Å². The number of hydrogen-bond acceptors (Lipinski definition) is 5. The maximum atomic E-state index is 12.4. The topological polar surface area (TPSA) is 59.5 Å². The first-order chi connectivity index (χ1) is 9.57. The number of likely N-dealkylation sites (tertiary alicyclic amines) is 1. The van der Waals surface area contributed by atoms with Crippen LogP contribution in [0.5, 0.6) is 0 Å². The fourth-order valence-corrected chi connectivity index (χ4v) is 5.93. The van der Waals surface area contributed by atoms with Gasteiger partial charge in [-0.25, -0.2) is 8.42 Å². The first-order valence-electron chi connectivity index (χ1n) is 6.90. The first-order valence-corrected chi connectivity index (χ1v) is 8.55. The molecule has 0 radical (unpaired) electrons. The standard InChI is InChI=1S/C14H20N2O3S/c1-19-9-13-4-6-20(17,18)14(13)10-16(11-14)8-12-3-2-5-15-7-12/h2-3,5,7,13H,4,6,8-11H2,1H3/t13-/m0/s1. The zero-order chi connectivity index (χ0) is 14.2. The van der Waals surface area contributed by atoms with Gasteiger partial charge in [-0.15, -0.1) is 0 Å². The van der Waals surface area contributed by atoms with Crippen molar-refractivity contribution in [3.8, 4) is 0 Å². The molecule has 0 bridgehead atoms. The molecule has 1 spiro atoms. The average Bonchev–Trinajstić information content (AvgIpc) is 2.64. The lowest BCUT2D eigenvalue weighted by atomic mass is 9.83. The predicted molar refractivity (Wildman–Crippen MR) is 76.0 cm³/mol. The van der Waals surface area contributed by atoms with Gasteiger partial charge in [0.05, 0.1) is 12.4 Å². The molecule has 3 heterocycles. The predicted octanol–water partition coefficient (Wildman–Crippen LogP) is 0.717. The average molecular weight is 296 g/mol. The number of nitrogens with zero attached hydrogens (tertiary/aromatic N) is 2. The second-order valence-corrected chi connectivity index (χ2v) is 8.28. The van der Waals surface area contributed by atoms with E-state index in [0.29, 0.717) is 25.4 Å². The van der Waals surface area contributed by atoms with Crippen LogP contribution in [0.3, 0.4) is 0 Å². The molecule has 0 saturated carbocycles. The molecule has 2 fully saturated rings. The van der Waals surface area contributed by atoms with Crippen LogP contribution in [-0.2, 0) is 21.1 Å². The van der Waals surface area contributed by atoms with Gasteiger partial charge in [-0.1, -0.05) is 6.07 Å². The molecule has 2 saturated heterocycles. The number of aromatic nitrogens is 1. The third kappa shape index (κ3) is 2.16. The summed E-state index contributed by atoms with van der Waals surface area (Å²) < 4.78 is 29.4. The van der Waals surface area contributed by atoms with E-state index in [1.807, 2.05) is 18.3 Å². The quantitative estimate of drug-likeness (QED) is 0.819. The highest BCUT2D eigenvalue weighted by Crippen LogP contribution is 2.45. The fourth-order valence-electron chi connectivity index (χ4n) is 3.48. The van der Waals surface area contributed by atoms with Crippen LogP contribution < -0.4 is 0 Å². The second kappa shape index (κ2) is 5.09. The highest BCUT2D eigenvalue weighted by molar-refractivity contribution is 7.93. The van der Waals surface area contributed by atoms with E-state index >= 15 is 0 Å². The minimum atomic E-state index is -2.98. The number of rotatable bonds is 4. The Morgan fingerprint density at radius 2 is 2.30 bits per heavy atom. The molecule has 6 heteroatoms. The molecule has 3 rings (SSSR count). The minimum absolute atomic E-state index is 0.141. The van der Waals surface area contributed by atoms with Crippen molar-refractivity contribution in [3.05, 3.63) is 30.1 Å². The largest absolute Gasteiger partial charge is 0.384 e. The Bertz CT molecular complexity index is 567. The van der Waals surface area contributed by atoms with Gasteiger partial charge in [0.2, 0.25) is 0 Å². The molecule has 0 unspecified atom stereocenters. The zero-order valence-corrected chi connectivity index (χ0v) is 12.5. The summed E-state index contributed by atoms with van der Waals surface area (Å²) in [5.74, 6) is 0.449. The van der Waals surface area contributed by atoms with Crippen molar-refractivity contribution < 1.29 is 13.2 Å². The highest BCUT2D eigenvalue weighted by atomic mass is 32.2. The summed E-state index contributed by atoms with van der Waals surface area (Å²) in [5, 5.41) is 0. The summed E-state index contributed by atoms with van der Waals surface area (Å²) in [5.41, 5.74) is 1.13. The van der Waals surface area contributed by atoms with Crippen molar-refractivity contribution in [2.24, 2.45) is 5.92 Å². The molecule has 1 aromatic heterocycles. The highest BCUT2D eigenvalue weighted by Gasteiger charge is 2.61. The molecule has 0 N–H and O–H groups in total. The van der Waals surface area contributed by atoms with E-state index in [1.54, 1.807) is 13.3 Å². The molecule has 0 aromatic carbocycles. The van der Waals surface area contributed by atoms with Crippen LogP contribution in [0, 0.1) is 5.92 Å². The summed E-state index contributed by atoms with van der Waals surface area (Å²) in [6, 6.07) is 3.93. The molecule has 0 amide bonds. The first kappa shape index (κ1) is 14.0. The summed E-state index contributed by atoms with van der Waals surface area (Å²) in [7, 11) is -1.34. The van der Waals surface area contributed by atoms with Crippen LogP contribution in [0.25, 0.3) is 0 Å². The Morgan fingerprint density at radius 1 is 1.50 bits per heavy atom. The minimum Gasteiger partial charge on any atom is -0.384 e. The molecule has 0 aliphatic carbocycles. The molecule has 5 nitrogen and oxygen atoms in total. The third-order valence-corrected chi connectivity index (χ3v) is 7.18. The van der Waals surface area contributed by atoms with Gasteiger partial charge in [0, 0.05) is 45.1 Å². The Labute approximate surface area is 119 Å². The number of methoxy groups -OCH3 is 1. The van der Waals surface area contributed by atoms with Gasteiger partial charge < -0.3 is 4.74 Å². The van der Waals surface area contributed by atoms with Crippen molar-refractivity contribution >= 4 is 9.84 Å². The van der Waals surface area contributed by atoms with Crippen molar-refractivity contribution in [1.29, 1.82) is 0 Å². The molecule has 2 aliphatic rings. The van der Waals surface area contributed by atoms with E-state index in [-0.39, 0.29) is 5.92 Å². The smallest absolute Gasteiger partial charge is 0.158 e. The van der Waals surface area contributed by atoms with Gasteiger partial charge in [0.15, 0.2) is 9.84 Å². The Balaban J connectivity index is 1.70. The molecular formula is C14H20N2O3S. The molecule has 1 atom stereocenters. The van der Waals surface area contributed by atoms with Crippen LogP contribution in [0.1, 0.15) is 12.0 Å². The van der Waals surface area contributed by atoms with E-state index in [0.717, 1.165) is 18.5 Å². The van der Waals surface area contributed by atoms with E-state index in [1.165, 1.54) is 0 Å². The zero-order valence-electron chi connectivity index (χ0n) is 11.7. The second-order valence-electron chi connectivity index (χ2n) is 5.83. The SMILES string of the molecule is COC[C@@H]1CCS(=O)(=O)C12CN(Cc1cccnc1)C2. The van der Waals surface area contributed by atoms with Crippen LogP contribution >= 0.6 is 0 Å². The maximum Gasteiger partial charge on any atom is 0.158 e. The van der Waals surface area contributed by atoms with Crippen molar-refractivity contribution in [2.45, 2.75) is 17.7 Å². The van der Waals surface area contributed by atoms with Gasteiger partial charge in [-0.2, -0.15) is 0 Å². The van der Waals surface area contributed by atoms with Gasteiger partial charge >= 0.3 is 0 Å². The van der Waals surface area contributed by atoms with Gasteiger partial charge in [-0.3, -0.25) is 9.88 Å². The monoisotopic (exact) mass is 296 g/mol. The number of pyridine rings is 1. The van der Waals surface area contributed by atoms with Crippen LogP contribution in [-0.4, -0.2) is 55.6 Å². The lowest BCUT2D eigenvalue weighted by Crippen LogP contribution is -2.67. The van der Waals surface area contributed by atoms with Crippen molar-refractivity contribution in [2.75, 3.05) is 32.6 Å². The summed E-state index contributed by atoms with van der Waals surface area (Å²) in [4.78, 5) is 6.28. The number of hydrogen-bond donors (Lipinski definition) is 0. The van der Waals surface area contributed by atoms with Gasteiger partial charge in [0.1, 0.15) is 4.75 Å². The fraction of sp³-hybridized carbons (Fsp3) is 0.643. The van der Waals surface area contributed by atoms with Gasteiger partial charge in [0.25, 0.3) is 0 Å². The van der Waals surface area contributed by atoms with Crippen LogP contribution in [0.15, 0.2) is 24.5 Å². The molecular weight excluding hydrogens is 276 g/mol. The lowest BCUT2D eigenvalue weighted by molar-refractivity contribution is 0.0411. The Hall–Kier alpha value is -0.980. The maximum absolute atomic E-state index is 12.4. The normalized spacial score (nSPS) is 27.6. The van der Waals surface area contributed by atoms with Gasteiger partial charge in [-0.05, 0) is 18.1 Å². The van der Waals surface area contributed by atoms with E-state index in [2.05, 4.69) is 9.88 Å². The molecule has 1 aromatic rings. The number of ether oxygens (including phenoxy) is 1. The Kier molecular flexibility index (Phi) is 3.56. The summed E-state index contributed by atoms with van der Waals surface area (Å²) in [6.45, 7) is 2.56. The van der Waals surface area contributed by atoms with Crippen LogP contribution in [0.2, 0.25) is 0 Å². The van der Waals surface area contributed by atoms with E-state index in [9.17, 15) is 8.42 Å². The Morgan fingerprint density at radius 3 is 2.95 bits per heavy atom. The van der Waals surface area contributed by atoms with E-state index < -0.39 is 14.6 Å². The summed E-state index contributed by atoms with van der Waals surface area (Å²) in [6.07, 6.45) is 4.31. The molecule has 20 heavy (non-hydrogen) atoms.